The van der Waals surface area contributed by atoms with E-state index in [9.17, 15) is 13.2 Å². The van der Waals surface area contributed by atoms with Crippen LogP contribution in [-0.4, -0.2) is 20.9 Å². The van der Waals surface area contributed by atoms with Crippen LogP contribution in [0, 0.1) is 0 Å². The SMILES string of the molecule is O=C(COc1ccccc1-c1ccccc1)NNS(=O)(=O)/C=C/c1ccccc1. The molecule has 0 atom stereocenters. The molecule has 0 aliphatic carbocycles. The lowest BCUT2D eigenvalue weighted by molar-refractivity contribution is -0.123. The van der Waals surface area contributed by atoms with Crippen LogP contribution in [0.3, 0.4) is 0 Å². The number of carbonyl (C=O) groups is 1. The van der Waals surface area contributed by atoms with Crippen molar-refractivity contribution in [2.24, 2.45) is 0 Å². The smallest absolute Gasteiger partial charge is 0.272 e. The zero-order valence-electron chi connectivity index (χ0n) is 15.5. The third kappa shape index (κ3) is 6.31. The van der Waals surface area contributed by atoms with E-state index in [4.69, 9.17) is 4.74 Å². The van der Waals surface area contributed by atoms with Gasteiger partial charge < -0.3 is 4.74 Å². The first kappa shape index (κ1) is 20.3. The van der Waals surface area contributed by atoms with Crippen LogP contribution in [0.15, 0.2) is 90.3 Å². The van der Waals surface area contributed by atoms with E-state index < -0.39 is 15.9 Å². The average Bonchev–Trinajstić information content (AvgIpc) is 2.76. The van der Waals surface area contributed by atoms with E-state index in [1.807, 2.05) is 53.4 Å². The standard InChI is InChI=1S/C22H20N2O4S/c25-22(23-24-29(26,27)16-15-18-9-3-1-4-10-18)17-28-21-14-8-7-13-20(21)19-11-5-2-6-12-19/h1-16,24H,17H2,(H,23,25)/b16-15+. The molecule has 0 fully saturated rings. The van der Waals surface area contributed by atoms with E-state index in [0.29, 0.717) is 5.75 Å². The Balaban J connectivity index is 1.55. The number of hydrazine groups is 1. The second-order valence-corrected chi connectivity index (χ2v) is 7.63. The minimum Gasteiger partial charge on any atom is -0.483 e. The van der Waals surface area contributed by atoms with Crippen molar-refractivity contribution in [3.63, 3.8) is 0 Å². The number of nitrogens with one attached hydrogen (secondary N) is 2. The zero-order chi connectivity index (χ0) is 20.5. The van der Waals surface area contributed by atoms with E-state index in [0.717, 1.165) is 22.1 Å². The van der Waals surface area contributed by atoms with Crippen LogP contribution in [0.1, 0.15) is 5.56 Å². The fraction of sp³-hybridized carbons (Fsp3) is 0.0455. The highest BCUT2D eigenvalue weighted by Crippen LogP contribution is 2.29. The van der Waals surface area contributed by atoms with E-state index in [1.54, 1.807) is 36.4 Å². The van der Waals surface area contributed by atoms with Crippen LogP contribution in [0.5, 0.6) is 5.75 Å². The summed E-state index contributed by atoms with van der Waals surface area (Å²) in [6.07, 6.45) is 1.43. The van der Waals surface area contributed by atoms with Crippen molar-refractivity contribution in [3.8, 4) is 16.9 Å². The van der Waals surface area contributed by atoms with Gasteiger partial charge in [0.2, 0.25) is 0 Å². The number of rotatable bonds is 8. The Bertz CT molecular complexity index is 1080. The van der Waals surface area contributed by atoms with Gasteiger partial charge in [0.1, 0.15) is 5.75 Å². The van der Waals surface area contributed by atoms with Crippen LogP contribution in [-0.2, 0) is 14.8 Å². The molecule has 3 rings (SSSR count). The topological polar surface area (TPSA) is 84.5 Å². The summed E-state index contributed by atoms with van der Waals surface area (Å²) in [5.41, 5.74) is 4.66. The van der Waals surface area contributed by atoms with Crippen LogP contribution >= 0.6 is 0 Å². The lowest BCUT2D eigenvalue weighted by Crippen LogP contribution is -2.42. The number of para-hydroxylation sites is 1. The molecule has 0 radical (unpaired) electrons. The van der Waals surface area contributed by atoms with Gasteiger partial charge in [-0.1, -0.05) is 78.9 Å². The molecule has 2 N–H and O–H groups in total. The maximum absolute atomic E-state index is 12.0. The Kier molecular flexibility index (Phi) is 6.78. The lowest BCUT2D eigenvalue weighted by Gasteiger charge is -2.12. The van der Waals surface area contributed by atoms with Gasteiger partial charge in [0.25, 0.3) is 15.9 Å². The van der Waals surface area contributed by atoms with Crippen molar-refractivity contribution in [2.45, 2.75) is 0 Å². The van der Waals surface area contributed by atoms with Crippen LogP contribution in [0.2, 0.25) is 0 Å². The molecule has 1 amide bonds. The molecule has 0 saturated carbocycles. The number of amides is 1. The summed E-state index contributed by atoms with van der Waals surface area (Å²) >= 11 is 0. The number of hydrogen-bond donors (Lipinski definition) is 2. The van der Waals surface area contributed by atoms with Crippen molar-refractivity contribution in [2.75, 3.05) is 6.61 Å². The Morgan fingerprint density at radius 2 is 1.48 bits per heavy atom. The van der Waals surface area contributed by atoms with E-state index in [2.05, 4.69) is 5.43 Å². The molecular weight excluding hydrogens is 388 g/mol. The number of carbonyl (C=O) groups excluding carboxylic acids is 1. The zero-order valence-corrected chi connectivity index (χ0v) is 16.3. The molecule has 0 aliphatic heterocycles. The normalized spacial score (nSPS) is 11.3. The largest absolute Gasteiger partial charge is 0.483 e. The fourth-order valence-corrected chi connectivity index (χ4v) is 3.18. The molecule has 0 unspecified atom stereocenters. The minimum atomic E-state index is -3.83. The van der Waals surface area contributed by atoms with Crippen LogP contribution < -0.4 is 15.0 Å². The molecule has 0 saturated heterocycles. The lowest BCUT2D eigenvalue weighted by atomic mass is 10.1. The predicted molar refractivity (Wildman–Crippen MR) is 113 cm³/mol. The van der Waals surface area contributed by atoms with Gasteiger partial charge in [-0.3, -0.25) is 10.2 Å². The van der Waals surface area contributed by atoms with Gasteiger partial charge >= 0.3 is 0 Å². The maximum atomic E-state index is 12.0. The Labute approximate surface area is 169 Å². The first-order valence-corrected chi connectivity index (χ1v) is 10.4. The maximum Gasteiger partial charge on any atom is 0.272 e. The molecule has 7 heteroatoms. The second kappa shape index (κ2) is 9.68. The van der Waals surface area contributed by atoms with Crippen molar-refractivity contribution >= 4 is 22.0 Å². The van der Waals surface area contributed by atoms with E-state index >= 15 is 0 Å². The highest BCUT2D eigenvalue weighted by Gasteiger charge is 2.10. The van der Waals surface area contributed by atoms with E-state index in [1.165, 1.54) is 6.08 Å². The Morgan fingerprint density at radius 1 is 0.862 bits per heavy atom. The molecule has 6 nitrogen and oxygen atoms in total. The number of ether oxygens (including phenoxy) is 1. The fourth-order valence-electron chi connectivity index (χ4n) is 2.52. The van der Waals surface area contributed by atoms with Gasteiger partial charge in [-0.2, -0.15) is 0 Å². The van der Waals surface area contributed by atoms with Gasteiger partial charge in [0.05, 0.1) is 0 Å². The molecule has 29 heavy (non-hydrogen) atoms. The summed E-state index contributed by atoms with van der Waals surface area (Å²) in [7, 11) is -3.83. The second-order valence-electron chi connectivity index (χ2n) is 6.06. The van der Waals surface area contributed by atoms with Gasteiger partial charge in [-0.15, -0.1) is 4.83 Å². The summed E-state index contributed by atoms with van der Waals surface area (Å²) < 4.78 is 29.5. The van der Waals surface area contributed by atoms with Gasteiger partial charge in [-0.25, -0.2) is 8.42 Å². The van der Waals surface area contributed by atoms with Gasteiger partial charge in [0, 0.05) is 11.0 Å². The first-order valence-electron chi connectivity index (χ1n) is 8.84. The predicted octanol–water partition coefficient (Wildman–Crippen LogP) is 3.35. The highest BCUT2D eigenvalue weighted by molar-refractivity contribution is 7.92. The molecule has 0 aliphatic rings. The van der Waals surface area contributed by atoms with Crippen molar-refractivity contribution in [1.29, 1.82) is 0 Å². The Morgan fingerprint density at radius 3 is 2.21 bits per heavy atom. The number of benzene rings is 3. The molecule has 0 aromatic heterocycles. The third-order valence-corrected chi connectivity index (χ3v) is 4.78. The molecule has 0 heterocycles. The average molecular weight is 408 g/mol. The van der Waals surface area contributed by atoms with Crippen molar-refractivity contribution in [1.82, 2.24) is 10.3 Å². The third-order valence-electron chi connectivity index (χ3n) is 3.90. The van der Waals surface area contributed by atoms with Crippen LogP contribution in [0.25, 0.3) is 17.2 Å². The summed E-state index contributed by atoms with van der Waals surface area (Å²) in [5, 5.41) is 0.980. The molecule has 148 valence electrons. The van der Waals surface area contributed by atoms with E-state index in [-0.39, 0.29) is 6.61 Å². The molecular formula is C22H20N2O4S. The summed E-state index contributed by atoms with van der Waals surface area (Å²) in [6.45, 7) is -0.339. The highest BCUT2D eigenvalue weighted by atomic mass is 32.2. The molecule has 0 spiro atoms. The summed E-state index contributed by atoms with van der Waals surface area (Å²) in [6, 6.07) is 25.9. The first-order chi connectivity index (χ1) is 14.0. The molecule has 3 aromatic rings. The molecule has 3 aromatic carbocycles. The summed E-state index contributed by atoms with van der Waals surface area (Å²) in [5.74, 6) is -0.0924. The van der Waals surface area contributed by atoms with Gasteiger partial charge in [-0.05, 0) is 23.3 Å². The van der Waals surface area contributed by atoms with Crippen molar-refractivity contribution in [3.05, 3.63) is 95.9 Å². The Hall–Kier alpha value is -3.42. The number of sulfonamides is 1. The molecule has 0 bridgehead atoms. The number of hydrogen-bond acceptors (Lipinski definition) is 4. The monoisotopic (exact) mass is 408 g/mol. The minimum absolute atomic E-state index is 0.339. The van der Waals surface area contributed by atoms with Crippen LogP contribution in [0.4, 0.5) is 0 Å². The quantitative estimate of drug-likeness (QED) is 0.560. The summed E-state index contributed by atoms with van der Waals surface area (Å²) in [4.78, 5) is 14.0. The van der Waals surface area contributed by atoms with Gasteiger partial charge in [0.15, 0.2) is 6.61 Å². The van der Waals surface area contributed by atoms with Crippen molar-refractivity contribution < 1.29 is 17.9 Å².